The standard InChI is InChI=1S/C13H14O5/c14-8-5-9(13(1-2-13)7-11(15)16)12-10(6-8)17-3-4-18-12/h5-6,14H,1-4,7H2,(H,15,16). The van der Waals surface area contributed by atoms with E-state index >= 15 is 0 Å². The van der Waals surface area contributed by atoms with Gasteiger partial charge in [0, 0.05) is 17.0 Å². The first-order valence-corrected chi connectivity index (χ1v) is 5.96. The number of hydrogen-bond acceptors (Lipinski definition) is 4. The molecule has 1 saturated carbocycles. The zero-order valence-electron chi connectivity index (χ0n) is 9.81. The van der Waals surface area contributed by atoms with E-state index in [9.17, 15) is 9.90 Å². The molecule has 1 fully saturated rings. The predicted molar refractivity (Wildman–Crippen MR) is 62.3 cm³/mol. The minimum Gasteiger partial charge on any atom is -0.508 e. The first-order chi connectivity index (χ1) is 8.61. The number of aliphatic carboxylic acids is 1. The molecule has 5 nitrogen and oxygen atoms in total. The summed E-state index contributed by atoms with van der Waals surface area (Å²) >= 11 is 0. The van der Waals surface area contributed by atoms with Gasteiger partial charge in [0.1, 0.15) is 19.0 Å². The van der Waals surface area contributed by atoms with Crippen molar-refractivity contribution in [3.8, 4) is 17.2 Å². The summed E-state index contributed by atoms with van der Waals surface area (Å²) in [4.78, 5) is 10.9. The van der Waals surface area contributed by atoms with Crippen molar-refractivity contribution in [1.82, 2.24) is 0 Å². The number of ether oxygens (including phenoxy) is 2. The molecule has 1 aromatic rings. The lowest BCUT2D eigenvalue weighted by Gasteiger charge is -2.24. The quantitative estimate of drug-likeness (QED) is 0.853. The fraction of sp³-hybridized carbons (Fsp3) is 0.462. The molecule has 0 atom stereocenters. The van der Waals surface area contributed by atoms with Gasteiger partial charge in [-0.05, 0) is 18.9 Å². The highest BCUT2D eigenvalue weighted by atomic mass is 16.6. The molecule has 0 amide bonds. The van der Waals surface area contributed by atoms with Crippen molar-refractivity contribution in [2.24, 2.45) is 0 Å². The highest BCUT2D eigenvalue weighted by molar-refractivity contribution is 5.71. The molecule has 0 radical (unpaired) electrons. The number of benzene rings is 1. The van der Waals surface area contributed by atoms with Gasteiger partial charge in [0.25, 0.3) is 0 Å². The summed E-state index contributed by atoms with van der Waals surface area (Å²) in [6, 6.07) is 3.11. The highest BCUT2D eigenvalue weighted by Crippen LogP contribution is 2.56. The van der Waals surface area contributed by atoms with E-state index < -0.39 is 11.4 Å². The third-order valence-corrected chi connectivity index (χ3v) is 3.54. The van der Waals surface area contributed by atoms with Crippen molar-refractivity contribution in [3.63, 3.8) is 0 Å². The molecule has 3 rings (SSSR count). The molecule has 0 bridgehead atoms. The lowest BCUT2D eigenvalue weighted by atomic mass is 9.91. The van der Waals surface area contributed by atoms with Gasteiger partial charge in [-0.3, -0.25) is 4.79 Å². The fourth-order valence-corrected chi connectivity index (χ4v) is 2.51. The molecule has 96 valence electrons. The summed E-state index contributed by atoms with van der Waals surface area (Å²) < 4.78 is 11.0. The molecule has 2 aliphatic rings. The average molecular weight is 250 g/mol. The number of phenolic OH excluding ortho intramolecular Hbond substituents is 1. The minimum absolute atomic E-state index is 0.0618. The Labute approximate surface area is 104 Å². The van der Waals surface area contributed by atoms with Gasteiger partial charge in [-0.1, -0.05) is 0 Å². The molecular weight excluding hydrogens is 236 g/mol. The minimum atomic E-state index is -0.832. The molecular formula is C13H14O5. The number of carbonyl (C=O) groups is 1. The van der Waals surface area contributed by atoms with E-state index in [0.717, 1.165) is 18.4 Å². The van der Waals surface area contributed by atoms with Crippen LogP contribution in [-0.4, -0.2) is 29.4 Å². The fourth-order valence-electron chi connectivity index (χ4n) is 2.51. The van der Waals surface area contributed by atoms with Crippen LogP contribution in [0.25, 0.3) is 0 Å². The first-order valence-electron chi connectivity index (χ1n) is 5.96. The van der Waals surface area contributed by atoms with Crippen molar-refractivity contribution in [3.05, 3.63) is 17.7 Å². The smallest absolute Gasteiger partial charge is 0.304 e. The van der Waals surface area contributed by atoms with Crippen LogP contribution in [0.3, 0.4) is 0 Å². The van der Waals surface area contributed by atoms with E-state index in [-0.39, 0.29) is 12.2 Å². The van der Waals surface area contributed by atoms with Gasteiger partial charge in [0.2, 0.25) is 0 Å². The average Bonchev–Trinajstić information content (AvgIpc) is 3.08. The normalized spacial score (nSPS) is 19.3. The summed E-state index contributed by atoms with van der Waals surface area (Å²) in [5.74, 6) is 0.359. The van der Waals surface area contributed by atoms with Gasteiger partial charge in [0.05, 0.1) is 6.42 Å². The molecule has 1 aliphatic heterocycles. The van der Waals surface area contributed by atoms with Crippen LogP contribution in [0.1, 0.15) is 24.8 Å². The monoisotopic (exact) mass is 250 g/mol. The maximum Gasteiger partial charge on any atom is 0.304 e. The Kier molecular flexibility index (Phi) is 2.36. The molecule has 18 heavy (non-hydrogen) atoms. The van der Waals surface area contributed by atoms with Crippen molar-refractivity contribution >= 4 is 5.97 Å². The lowest BCUT2D eigenvalue weighted by Crippen LogP contribution is -2.20. The van der Waals surface area contributed by atoms with Crippen LogP contribution in [0.5, 0.6) is 17.2 Å². The Balaban J connectivity index is 2.06. The molecule has 1 aromatic carbocycles. The summed E-state index contributed by atoms with van der Waals surface area (Å²) in [6.45, 7) is 0.899. The Bertz CT molecular complexity index is 504. The van der Waals surface area contributed by atoms with Gasteiger partial charge in [-0.15, -0.1) is 0 Å². The van der Waals surface area contributed by atoms with E-state index in [1.165, 1.54) is 6.07 Å². The van der Waals surface area contributed by atoms with Gasteiger partial charge in [-0.2, -0.15) is 0 Å². The SMILES string of the molecule is O=C(O)CC1(c2cc(O)cc3c2OCCO3)CC1. The molecule has 2 N–H and O–H groups in total. The third kappa shape index (κ3) is 1.75. The van der Waals surface area contributed by atoms with E-state index in [0.29, 0.717) is 24.7 Å². The first kappa shape index (κ1) is 11.2. The number of fused-ring (bicyclic) bond motifs is 1. The Morgan fingerprint density at radius 3 is 2.67 bits per heavy atom. The maximum absolute atomic E-state index is 10.9. The van der Waals surface area contributed by atoms with Crippen LogP contribution in [0.15, 0.2) is 12.1 Å². The highest BCUT2D eigenvalue weighted by Gasteiger charge is 2.49. The number of carboxylic acids is 1. The van der Waals surface area contributed by atoms with Crippen molar-refractivity contribution in [1.29, 1.82) is 0 Å². The Morgan fingerprint density at radius 2 is 2.00 bits per heavy atom. The van der Waals surface area contributed by atoms with Crippen LogP contribution in [0, 0.1) is 0 Å². The maximum atomic E-state index is 10.9. The van der Waals surface area contributed by atoms with Gasteiger partial charge in [-0.25, -0.2) is 0 Å². The van der Waals surface area contributed by atoms with Gasteiger partial charge < -0.3 is 19.7 Å². The van der Waals surface area contributed by atoms with Gasteiger partial charge in [0.15, 0.2) is 11.5 Å². The van der Waals surface area contributed by atoms with Crippen LogP contribution in [0.2, 0.25) is 0 Å². The van der Waals surface area contributed by atoms with E-state index in [1.807, 2.05) is 0 Å². The zero-order valence-corrected chi connectivity index (χ0v) is 9.81. The Hall–Kier alpha value is -1.91. The number of rotatable bonds is 3. The Morgan fingerprint density at radius 1 is 1.28 bits per heavy atom. The lowest BCUT2D eigenvalue weighted by molar-refractivity contribution is -0.137. The largest absolute Gasteiger partial charge is 0.508 e. The molecule has 5 heteroatoms. The second kappa shape index (κ2) is 3.80. The second-order valence-electron chi connectivity index (χ2n) is 4.87. The summed E-state index contributed by atoms with van der Waals surface area (Å²) in [5, 5.41) is 18.7. The van der Waals surface area contributed by atoms with Crippen molar-refractivity contribution < 1.29 is 24.5 Å². The van der Waals surface area contributed by atoms with E-state index in [4.69, 9.17) is 14.6 Å². The van der Waals surface area contributed by atoms with Crippen LogP contribution >= 0.6 is 0 Å². The molecule has 0 aromatic heterocycles. The molecule has 1 aliphatic carbocycles. The van der Waals surface area contributed by atoms with Gasteiger partial charge >= 0.3 is 5.97 Å². The molecule has 0 unspecified atom stereocenters. The van der Waals surface area contributed by atoms with Crippen LogP contribution < -0.4 is 9.47 Å². The number of aromatic hydroxyl groups is 1. The topological polar surface area (TPSA) is 76.0 Å². The number of phenols is 1. The predicted octanol–water partition coefficient (Wildman–Crippen LogP) is 1.67. The third-order valence-electron chi connectivity index (χ3n) is 3.54. The number of carboxylic acid groups (broad SMARTS) is 1. The molecule has 0 spiro atoms. The number of hydrogen-bond donors (Lipinski definition) is 2. The zero-order chi connectivity index (χ0) is 12.8. The van der Waals surface area contributed by atoms with Crippen LogP contribution in [-0.2, 0) is 10.2 Å². The summed E-state index contributed by atoms with van der Waals surface area (Å²) in [6.07, 6.45) is 1.67. The second-order valence-corrected chi connectivity index (χ2v) is 4.87. The summed E-state index contributed by atoms with van der Waals surface area (Å²) in [5.41, 5.74) is 0.370. The summed E-state index contributed by atoms with van der Waals surface area (Å²) in [7, 11) is 0. The van der Waals surface area contributed by atoms with E-state index in [1.54, 1.807) is 6.07 Å². The van der Waals surface area contributed by atoms with Crippen LogP contribution in [0.4, 0.5) is 0 Å². The van der Waals surface area contributed by atoms with Crippen molar-refractivity contribution in [2.75, 3.05) is 13.2 Å². The molecule has 0 saturated heterocycles. The molecule has 1 heterocycles. The van der Waals surface area contributed by atoms with E-state index in [2.05, 4.69) is 0 Å². The van der Waals surface area contributed by atoms with Crippen molar-refractivity contribution in [2.45, 2.75) is 24.7 Å².